The number of hydrogen-bond acceptors (Lipinski definition) is 2. The molecular weight excluding hydrogens is 236 g/mol. The predicted octanol–water partition coefficient (Wildman–Crippen LogP) is 3.15. The second-order valence-corrected chi connectivity index (χ2v) is 5.33. The minimum absolute atomic E-state index is 0.0475. The van der Waals surface area contributed by atoms with Gasteiger partial charge in [0.1, 0.15) is 0 Å². The minimum atomic E-state index is -0.362. The summed E-state index contributed by atoms with van der Waals surface area (Å²) in [6.07, 6.45) is 1.20. The summed E-state index contributed by atoms with van der Waals surface area (Å²) in [6.45, 7) is 6.91. The first kappa shape index (κ1) is 15.2. The zero-order valence-electron chi connectivity index (χ0n) is 11.9. The summed E-state index contributed by atoms with van der Waals surface area (Å²) in [5.74, 6) is 0.163. The maximum absolute atomic E-state index is 11.8. The fourth-order valence-electron chi connectivity index (χ4n) is 1.88. The molecule has 0 saturated heterocycles. The van der Waals surface area contributed by atoms with Crippen molar-refractivity contribution in [3.63, 3.8) is 0 Å². The molecule has 0 fully saturated rings. The molecule has 0 aliphatic carbocycles. The van der Waals surface area contributed by atoms with E-state index in [4.69, 9.17) is 0 Å². The SMILES string of the molecule is Cc1cccc(C(C#N)CC(=O)NCCC(C)C)c1. The summed E-state index contributed by atoms with van der Waals surface area (Å²) in [4.78, 5) is 11.8. The molecule has 0 aliphatic rings. The van der Waals surface area contributed by atoms with E-state index in [2.05, 4.69) is 25.2 Å². The molecule has 3 heteroatoms. The molecule has 0 saturated carbocycles. The zero-order valence-corrected chi connectivity index (χ0v) is 11.9. The molecule has 102 valence electrons. The van der Waals surface area contributed by atoms with E-state index < -0.39 is 0 Å². The van der Waals surface area contributed by atoms with Crippen molar-refractivity contribution < 1.29 is 4.79 Å². The van der Waals surface area contributed by atoms with Gasteiger partial charge in [-0.15, -0.1) is 0 Å². The smallest absolute Gasteiger partial charge is 0.221 e. The third-order valence-electron chi connectivity index (χ3n) is 3.03. The number of nitrogens with zero attached hydrogens (tertiary/aromatic N) is 1. The van der Waals surface area contributed by atoms with Crippen molar-refractivity contribution in [2.75, 3.05) is 6.54 Å². The number of hydrogen-bond donors (Lipinski definition) is 1. The van der Waals surface area contributed by atoms with Crippen molar-refractivity contribution in [2.45, 2.75) is 39.5 Å². The Morgan fingerprint density at radius 1 is 1.42 bits per heavy atom. The first-order valence-corrected chi connectivity index (χ1v) is 6.75. The molecule has 0 radical (unpaired) electrons. The first-order valence-electron chi connectivity index (χ1n) is 6.75. The Bertz CT molecular complexity index is 460. The Hall–Kier alpha value is -1.82. The van der Waals surface area contributed by atoms with E-state index in [1.54, 1.807) is 0 Å². The van der Waals surface area contributed by atoms with Crippen molar-refractivity contribution in [3.8, 4) is 6.07 Å². The van der Waals surface area contributed by atoms with Gasteiger partial charge < -0.3 is 5.32 Å². The van der Waals surface area contributed by atoms with Crippen LogP contribution in [0.4, 0.5) is 0 Å². The van der Waals surface area contributed by atoms with Gasteiger partial charge in [-0.3, -0.25) is 4.79 Å². The molecule has 19 heavy (non-hydrogen) atoms. The standard InChI is InChI=1S/C16H22N2O/c1-12(2)7-8-18-16(19)10-15(11-17)14-6-4-5-13(3)9-14/h4-6,9,12,15H,7-8,10H2,1-3H3,(H,18,19). The molecule has 0 aromatic heterocycles. The summed E-state index contributed by atoms with van der Waals surface area (Å²) in [7, 11) is 0. The normalized spacial score (nSPS) is 11.9. The summed E-state index contributed by atoms with van der Waals surface area (Å²) in [6, 6.07) is 10.00. The monoisotopic (exact) mass is 258 g/mol. The van der Waals surface area contributed by atoms with Crippen LogP contribution in [-0.4, -0.2) is 12.5 Å². The average Bonchev–Trinajstić information content (AvgIpc) is 2.35. The number of benzene rings is 1. The zero-order chi connectivity index (χ0) is 14.3. The average molecular weight is 258 g/mol. The van der Waals surface area contributed by atoms with E-state index in [1.807, 2.05) is 31.2 Å². The van der Waals surface area contributed by atoms with Crippen LogP contribution in [0.1, 0.15) is 43.7 Å². The van der Waals surface area contributed by atoms with E-state index in [9.17, 15) is 10.1 Å². The van der Waals surface area contributed by atoms with Crippen molar-refractivity contribution in [3.05, 3.63) is 35.4 Å². The molecule has 0 bridgehead atoms. The fourth-order valence-corrected chi connectivity index (χ4v) is 1.88. The van der Waals surface area contributed by atoms with E-state index >= 15 is 0 Å². The highest BCUT2D eigenvalue weighted by Gasteiger charge is 2.15. The van der Waals surface area contributed by atoms with Crippen LogP contribution in [0.3, 0.4) is 0 Å². The van der Waals surface area contributed by atoms with Gasteiger partial charge >= 0.3 is 0 Å². The van der Waals surface area contributed by atoms with Gasteiger partial charge in [-0.25, -0.2) is 0 Å². The van der Waals surface area contributed by atoms with Gasteiger partial charge in [0.15, 0.2) is 0 Å². The predicted molar refractivity (Wildman–Crippen MR) is 76.6 cm³/mol. The van der Waals surface area contributed by atoms with Crippen molar-refractivity contribution >= 4 is 5.91 Å². The number of rotatable bonds is 6. The maximum atomic E-state index is 11.8. The maximum Gasteiger partial charge on any atom is 0.221 e. The molecule has 0 spiro atoms. The third-order valence-corrected chi connectivity index (χ3v) is 3.03. The first-order chi connectivity index (χ1) is 9.02. The molecule has 1 unspecified atom stereocenters. The Kier molecular flexibility index (Phi) is 6.08. The summed E-state index contributed by atoms with van der Waals surface area (Å²) in [5.41, 5.74) is 2.03. The highest BCUT2D eigenvalue weighted by molar-refractivity contribution is 5.77. The number of aryl methyl sites for hydroxylation is 1. The quantitative estimate of drug-likeness (QED) is 0.852. The minimum Gasteiger partial charge on any atom is -0.356 e. The van der Waals surface area contributed by atoms with E-state index in [-0.39, 0.29) is 18.2 Å². The van der Waals surface area contributed by atoms with Gasteiger partial charge in [0.05, 0.1) is 12.0 Å². The fraction of sp³-hybridized carbons (Fsp3) is 0.500. The highest BCUT2D eigenvalue weighted by atomic mass is 16.1. The second-order valence-electron chi connectivity index (χ2n) is 5.33. The van der Waals surface area contributed by atoms with Gasteiger partial charge in [-0.1, -0.05) is 43.7 Å². The van der Waals surface area contributed by atoms with Gasteiger partial charge in [-0.2, -0.15) is 5.26 Å². The lowest BCUT2D eigenvalue weighted by molar-refractivity contribution is -0.121. The van der Waals surface area contributed by atoms with Gasteiger partial charge in [0.2, 0.25) is 5.91 Å². The van der Waals surface area contributed by atoms with Gasteiger partial charge in [-0.05, 0) is 24.8 Å². The topological polar surface area (TPSA) is 52.9 Å². The molecule has 0 heterocycles. The number of carbonyl (C=O) groups is 1. The Labute approximate surface area is 115 Å². The van der Waals surface area contributed by atoms with Crippen LogP contribution >= 0.6 is 0 Å². The Balaban J connectivity index is 2.53. The second kappa shape index (κ2) is 7.58. The largest absolute Gasteiger partial charge is 0.356 e. The van der Waals surface area contributed by atoms with Crippen LogP contribution in [0.5, 0.6) is 0 Å². The molecule has 1 amide bonds. The van der Waals surface area contributed by atoms with Crippen molar-refractivity contribution in [1.82, 2.24) is 5.32 Å². The lowest BCUT2D eigenvalue weighted by Crippen LogP contribution is -2.26. The van der Waals surface area contributed by atoms with Crippen LogP contribution in [0.15, 0.2) is 24.3 Å². The number of carbonyl (C=O) groups excluding carboxylic acids is 1. The summed E-state index contributed by atoms with van der Waals surface area (Å²) >= 11 is 0. The van der Waals surface area contributed by atoms with Crippen molar-refractivity contribution in [2.24, 2.45) is 5.92 Å². The molecule has 0 aliphatic heterocycles. The highest BCUT2D eigenvalue weighted by Crippen LogP contribution is 2.19. The van der Waals surface area contributed by atoms with Crippen LogP contribution in [0, 0.1) is 24.2 Å². The molecular formula is C16H22N2O. The summed E-state index contributed by atoms with van der Waals surface area (Å²) in [5, 5.41) is 12.1. The van der Waals surface area contributed by atoms with E-state index in [0.717, 1.165) is 17.5 Å². The van der Waals surface area contributed by atoms with Crippen molar-refractivity contribution in [1.29, 1.82) is 5.26 Å². The Morgan fingerprint density at radius 3 is 2.74 bits per heavy atom. The van der Waals surface area contributed by atoms with Gasteiger partial charge in [0, 0.05) is 13.0 Å². The lowest BCUT2D eigenvalue weighted by atomic mass is 9.95. The van der Waals surface area contributed by atoms with Gasteiger partial charge in [0.25, 0.3) is 0 Å². The molecule has 1 aromatic rings. The molecule has 3 nitrogen and oxygen atoms in total. The lowest BCUT2D eigenvalue weighted by Gasteiger charge is -2.11. The van der Waals surface area contributed by atoms with Crippen LogP contribution in [0.2, 0.25) is 0 Å². The van der Waals surface area contributed by atoms with E-state index in [0.29, 0.717) is 12.5 Å². The summed E-state index contributed by atoms with van der Waals surface area (Å²) < 4.78 is 0. The number of nitriles is 1. The number of nitrogens with one attached hydrogen (secondary N) is 1. The molecule has 1 rings (SSSR count). The molecule has 1 N–H and O–H groups in total. The van der Waals surface area contributed by atoms with Crippen LogP contribution in [-0.2, 0) is 4.79 Å². The van der Waals surface area contributed by atoms with E-state index in [1.165, 1.54) is 0 Å². The van der Waals surface area contributed by atoms with Crippen LogP contribution in [0.25, 0.3) is 0 Å². The third kappa shape index (κ3) is 5.56. The molecule has 1 aromatic carbocycles. The number of amides is 1. The molecule has 1 atom stereocenters. The Morgan fingerprint density at radius 2 is 2.16 bits per heavy atom. The van der Waals surface area contributed by atoms with Crippen LogP contribution < -0.4 is 5.32 Å².